The molecule has 4 rings (SSSR count). The van der Waals surface area contributed by atoms with Crippen molar-refractivity contribution in [1.29, 1.82) is 0 Å². The topological polar surface area (TPSA) is 50.7 Å². The fourth-order valence-corrected chi connectivity index (χ4v) is 3.58. The highest BCUT2D eigenvalue weighted by Gasteiger charge is 2.13. The standard InChI is InChI=1S/C19H14FN4S/c1-12-3-2-4-15(24-12)9-21-18-17-16(10-25-19(17)23-11-22-18)13-5-7-14(20)8-6-13/h2-8,10H,9H2,1H3,(H,21,22,23). The number of hydrogen-bond donors (Lipinski definition) is 1. The largest absolute Gasteiger partial charge is 0.364 e. The van der Waals surface area contributed by atoms with Gasteiger partial charge in [-0.05, 0) is 36.8 Å². The first-order valence-electron chi connectivity index (χ1n) is 7.78. The van der Waals surface area contributed by atoms with Crippen LogP contribution in [0.1, 0.15) is 11.4 Å². The van der Waals surface area contributed by atoms with Crippen LogP contribution in [-0.2, 0) is 6.54 Å². The van der Waals surface area contributed by atoms with Crippen LogP contribution in [0.4, 0.5) is 10.2 Å². The fourth-order valence-electron chi connectivity index (χ4n) is 2.68. The van der Waals surface area contributed by atoms with Gasteiger partial charge < -0.3 is 5.32 Å². The number of thiophene rings is 1. The zero-order valence-corrected chi connectivity index (χ0v) is 14.3. The second-order valence-corrected chi connectivity index (χ2v) is 6.49. The molecule has 0 amide bonds. The third-order valence-corrected chi connectivity index (χ3v) is 4.73. The number of aromatic nitrogens is 3. The molecule has 0 fully saturated rings. The van der Waals surface area contributed by atoms with Crippen LogP contribution in [0.15, 0.2) is 47.8 Å². The molecule has 0 aliphatic carbocycles. The smallest absolute Gasteiger partial charge is 0.201 e. The summed E-state index contributed by atoms with van der Waals surface area (Å²) >= 11 is 1.52. The molecule has 1 N–H and O–H groups in total. The normalized spacial score (nSPS) is 11.0. The summed E-state index contributed by atoms with van der Waals surface area (Å²) < 4.78 is 13.2. The van der Waals surface area contributed by atoms with Gasteiger partial charge in [0.05, 0.1) is 17.6 Å². The maximum absolute atomic E-state index is 13.2. The molecule has 3 heterocycles. The van der Waals surface area contributed by atoms with E-state index in [1.165, 1.54) is 23.5 Å². The first kappa shape index (κ1) is 15.7. The van der Waals surface area contributed by atoms with Gasteiger partial charge in [0.15, 0.2) is 0 Å². The number of benzene rings is 1. The van der Waals surface area contributed by atoms with Gasteiger partial charge in [0.2, 0.25) is 6.33 Å². The number of pyridine rings is 1. The minimum absolute atomic E-state index is 0.253. The molecule has 0 unspecified atom stereocenters. The minimum Gasteiger partial charge on any atom is -0.364 e. The van der Waals surface area contributed by atoms with Crippen molar-refractivity contribution < 1.29 is 4.39 Å². The maximum Gasteiger partial charge on any atom is 0.201 e. The molecule has 6 heteroatoms. The average Bonchev–Trinajstić information content (AvgIpc) is 3.05. The summed E-state index contributed by atoms with van der Waals surface area (Å²) in [6.07, 6.45) is 2.69. The Morgan fingerprint density at radius 3 is 2.76 bits per heavy atom. The summed E-state index contributed by atoms with van der Waals surface area (Å²) in [6, 6.07) is 12.4. The molecule has 0 spiro atoms. The summed E-state index contributed by atoms with van der Waals surface area (Å²) in [5.74, 6) is 0.450. The molecule has 0 saturated carbocycles. The van der Waals surface area contributed by atoms with Crippen LogP contribution < -0.4 is 5.32 Å². The SMILES string of the molecule is Cc1cccc(CNc2n[c]nc3scc(-c4ccc(F)cc4)c23)n1. The lowest BCUT2D eigenvalue weighted by Crippen LogP contribution is -2.04. The summed E-state index contributed by atoms with van der Waals surface area (Å²) in [4.78, 5) is 13.8. The summed E-state index contributed by atoms with van der Waals surface area (Å²) in [6.45, 7) is 2.52. The monoisotopic (exact) mass is 349 g/mol. The third-order valence-electron chi connectivity index (χ3n) is 3.86. The van der Waals surface area contributed by atoms with Crippen LogP contribution >= 0.6 is 11.3 Å². The van der Waals surface area contributed by atoms with Crippen LogP contribution in [0.2, 0.25) is 0 Å². The van der Waals surface area contributed by atoms with Crippen LogP contribution in [0, 0.1) is 19.1 Å². The molecule has 0 bridgehead atoms. The van der Waals surface area contributed by atoms with E-state index >= 15 is 0 Å². The lowest BCUT2D eigenvalue weighted by atomic mass is 10.1. The quantitative estimate of drug-likeness (QED) is 0.584. The number of nitrogens with zero attached hydrogens (tertiary/aromatic N) is 3. The Balaban J connectivity index is 1.71. The van der Waals surface area contributed by atoms with E-state index in [0.29, 0.717) is 12.4 Å². The Bertz CT molecular complexity index is 1030. The number of fused-ring (bicyclic) bond motifs is 1. The first-order valence-corrected chi connectivity index (χ1v) is 8.66. The number of hydrogen-bond acceptors (Lipinski definition) is 5. The van der Waals surface area contributed by atoms with E-state index in [2.05, 4.69) is 26.6 Å². The van der Waals surface area contributed by atoms with E-state index in [4.69, 9.17) is 0 Å². The molecule has 4 nitrogen and oxygen atoms in total. The highest BCUT2D eigenvalue weighted by atomic mass is 32.1. The Morgan fingerprint density at radius 2 is 1.96 bits per heavy atom. The third kappa shape index (κ3) is 3.21. The van der Waals surface area contributed by atoms with E-state index in [0.717, 1.165) is 32.7 Å². The molecule has 0 aliphatic rings. The minimum atomic E-state index is -0.253. The van der Waals surface area contributed by atoms with Crippen molar-refractivity contribution in [3.8, 4) is 11.1 Å². The Hall–Kier alpha value is -2.86. The number of aryl methyl sites for hydroxylation is 1. The molecule has 3 aromatic heterocycles. The highest BCUT2D eigenvalue weighted by Crippen LogP contribution is 2.36. The molecule has 1 radical (unpaired) electrons. The lowest BCUT2D eigenvalue weighted by molar-refractivity contribution is 0.628. The molecule has 25 heavy (non-hydrogen) atoms. The fraction of sp³-hybridized carbons (Fsp3) is 0.105. The van der Waals surface area contributed by atoms with E-state index in [-0.39, 0.29) is 5.82 Å². The van der Waals surface area contributed by atoms with E-state index in [1.54, 1.807) is 12.1 Å². The van der Waals surface area contributed by atoms with Gasteiger partial charge in [0.25, 0.3) is 0 Å². The number of halogens is 1. The Labute approximate surface area is 148 Å². The first-order chi connectivity index (χ1) is 12.2. The van der Waals surface area contributed by atoms with Crippen LogP contribution in [-0.4, -0.2) is 15.0 Å². The molecule has 123 valence electrons. The van der Waals surface area contributed by atoms with Crippen molar-refractivity contribution in [2.24, 2.45) is 0 Å². The molecular weight excluding hydrogens is 335 g/mol. The van der Waals surface area contributed by atoms with Gasteiger partial charge in [-0.2, -0.15) is 0 Å². The average molecular weight is 349 g/mol. The summed E-state index contributed by atoms with van der Waals surface area (Å²) in [5, 5.41) is 6.26. The van der Waals surface area contributed by atoms with E-state index in [1.807, 2.05) is 30.5 Å². The number of nitrogens with one attached hydrogen (secondary N) is 1. The highest BCUT2D eigenvalue weighted by molar-refractivity contribution is 7.17. The molecule has 0 aliphatic heterocycles. The number of rotatable bonds is 4. The van der Waals surface area contributed by atoms with Crippen molar-refractivity contribution in [2.45, 2.75) is 13.5 Å². The second kappa shape index (κ2) is 6.57. The Morgan fingerprint density at radius 1 is 1.12 bits per heavy atom. The lowest BCUT2D eigenvalue weighted by Gasteiger charge is -2.08. The molecule has 0 saturated heterocycles. The van der Waals surface area contributed by atoms with Crippen LogP contribution in [0.5, 0.6) is 0 Å². The summed E-state index contributed by atoms with van der Waals surface area (Å²) in [7, 11) is 0. The van der Waals surface area contributed by atoms with Gasteiger partial charge in [-0.25, -0.2) is 14.4 Å². The van der Waals surface area contributed by atoms with Crippen molar-refractivity contribution in [2.75, 3.05) is 5.32 Å². The zero-order chi connectivity index (χ0) is 17.2. The van der Waals surface area contributed by atoms with Crippen molar-refractivity contribution >= 4 is 27.4 Å². The van der Waals surface area contributed by atoms with Gasteiger partial charge in [-0.3, -0.25) is 4.98 Å². The molecule has 1 aromatic carbocycles. The van der Waals surface area contributed by atoms with Crippen molar-refractivity contribution in [3.63, 3.8) is 0 Å². The predicted octanol–water partition coefficient (Wildman–Crippen LogP) is 4.61. The maximum atomic E-state index is 13.2. The van der Waals surface area contributed by atoms with Gasteiger partial charge in [0, 0.05) is 16.6 Å². The van der Waals surface area contributed by atoms with Gasteiger partial charge in [-0.1, -0.05) is 18.2 Å². The van der Waals surface area contributed by atoms with Crippen LogP contribution in [0.25, 0.3) is 21.3 Å². The van der Waals surface area contributed by atoms with Gasteiger partial charge >= 0.3 is 0 Å². The van der Waals surface area contributed by atoms with E-state index in [9.17, 15) is 4.39 Å². The van der Waals surface area contributed by atoms with Crippen molar-refractivity contribution in [1.82, 2.24) is 15.0 Å². The van der Waals surface area contributed by atoms with Crippen molar-refractivity contribution in [3.05, 3.63) is 71.4 Å². The molecule has 4 aromatic rings. The number of anilines is 1. The second-order valence-electron chi connectivity index (χ2n) is 5.63. The Kier molecular flexibility index (Phi) is 4.11. The molecule has 0 atom stereocenters. The zero-order valence-electron chi connectivity index (χ0n) is 13.5. The summed E-state index contributed by atoms with van der Waals surface area (Å²) in [5.41, 5.74) is 3.82. The molecular formula is C19H14FN4S. The van der Waals surface area contributed by atoms with Gasteiger partial charge in [0.1, 0.15) is 16.5 Å². The van der Waals surface area contributed by atoms with E-state index < -0.39 is 0 Å². The predicted molar refractivity (Wildman–Crippen MR) is 97.9 cm³/mol. The van der Waals surface area contributed by atoms with Crippen LogP contribution in [0.3, 0.4) is 0 Å². The van der Waals surface area contributed by atoms with Gasteiger partial charge in [-0.15, -0.1) is 11.3 Å².